The molecule has 2 atom stereocenters. The molecule has 41 heavy (non-hydrogen) atoms. The number of phenolic OH excluding ortho intramolecular Hbond substituents is 1. The number of terminal acetylenes is 1. The first kappa shape index (κ1) is 31.5. The van der Waals surface area contributed by atoms with Gasteiger partial charge < -0.3 is 25.4 Å². The Morgan fingerprint density at radius 3 is 2.27 bits per heavy atom. The maximum absolute atomic E-state index is 14.5. The largest absolute Gasteiger partial charge is 0.508 e. The zero-order valence-electron chi connectivity index (χ0n) is 24.6. The Morgan fingerprint density at radius 1 is 1.07 bits per heavy atom. The molecule has 0 heterocycles. The van der Waals surface area contributed by atoms with Gasteiger partial charge in [0.05, 0.1) is 0 Å². The van der Waals surface area contributed by atoms with Gasteiger partial charge in [-0.15, -0.1) is 6.42 Å². The second-order valence-corrected chi connectivity index (χ2v) is 11.6. The van der Waals surface area contributed by atoms with Gasteiger partial charge in [0.2, 0.25) is 11.8 Å². The molecule has 2 aromatic rings. The van der Waals surface area contributed by atoms with E-state index in [0.717, 1.165) is 44.1 Å². The van der Waals surface area contributed by atoms with E-state index >= 15 is 0 Å². The number of alkyl carbamates (subject to hydrolysis) is 1. The average molecular weight is 562 g/mol. The van der Waals surface area contributed by atoms with Crippen molar-refractivity contribution in [3.05, 3.63) is 65.2 Å². The quantitative estimate of drug-likeness (QED) is 0.243. The van der Waals surface area contributed by atoms with E-state index in [1.807, 2.05) is 0 Å². The van der Waals surface area contributed by atoms with Crippen LogP contribution in [0.4, 0.5) is 4.79 Å². The summed E-state index contributed by atoms with van der Waals surface area (Å²) in [6.45, 7) is 7.86. The maximum atomic E-state index is 14.5. The van der Waals surface area contributed by atoms with E-state index in [4.69, 9.17) is 11.2 Å². The van der Waals surface area contributed by atoms with Crippen LogP contribution in [0.15, 0.2) is 48.5 Å². The number of hydrogen-bond donors (Lipinski definition) is 3. The molecule has 8 nitrogen and oxygen atoms in total. The van der Waals surface area contributed by atoms with Crippen LogP contribution in [0.2, 0.25) is 0 Å². The molecular weight excluding hydrogens is 518 g/mol. The lowest BCUT2D eigenvalue weighted by molar-refractivity contribution is -0.147. The molecule has 2 aromatic carbocycles. The summed E-state index contributed by atoms with van der Waals surface area (Å²) in [4.78, 5) is 42.8. The van der Waals surface area contributed by atoms with Crippen molar-refractivity contribution in [3.63, 3.8) is 0 Å². The normalized spacial score (nSPS) is 14.6. The van der Waals surface area contributed by atoms with E-state index in [9.17, 15) is 19.5 Å². The monoisotopic (exact) mass is 561 g/mol. The third-order valence-corrected chi connectivity index (χ3v) is 7.09. The first-order valence-electron chi connectivity index (χ1n) is 14.5. The Morgan fingerprint density at radius 2 is 1.73 bits per heavy atom. The summed E-state index contributed by atoms with van der Waals surface area (Å²) in [6, 6.07) is 11.5. The number of hydrogen-bond acceptors (Lipinski definition) is 5. The summed E-state index contributed by atoms with van der Waals surface area (Å²) in [5, 5.41) is 15.6. The van der Waals surface area contributed by atoms with Crippen LogP contribution in [0, 0.1) is 12.3 Å². The number of phenols is 1. The predicted molar refractivity (Wildman–Crippen MR) is 159 cm³/mol. The highest BCUT2D eigenvalue weighted by molar-refractivity contribution is 5.92. The molecule has 2 unspecified atom stereocenters. The Kier molecular flexibility index (Phi) is 11.2. The highest BCUT2D eigenvalue weighted by Gasteiger charge is 2.42. The van der Waals surface area contributed by atoms with Crippen LogP contribution in [-0.2, 0) is 20.7 Å². The van der Waals surface area contributed by atoms with Crippen LogP contribution in [-0.4, -0.2) is 52.1 Å². The number of ether oxygens (including phenoxy) is 1. The molecule has 0 aliphatic heterocycles. The zero-order chi connectivity index (χ0) is 30.0. The fourth-order valence-corrected chi connectivity index (χ4v) is 4.76. The van der Waals surface area contributed by atoms with E-state index < -0.39 is 23.8 Å². The molecule has 3 amide bonds. The van der Waals surface area contributed by atoms with Gasteiger partial charge in [0, 0.05) is 24.6 Å². The lowest BCUT2D eigenvalue weighted by Gasteiger charge is -2.43. The fraction of sp³-hybridized carbons (Fsp3) is 0.485. The van der Waals surface area contributed by atoms with Gasteiger partial charge in [0.25, 0.3) is 0 Å². The molecule has 1 aliphatic rings. The van der Waals surface area contributed by atoms with Crippen molar-refractivity contribution < 1.29 is 24.2 Å². The van der Waals surface area contributed by atoms with E-state index in [1.165, 1.54) is 12.1 Å². The van der Waals surface area contributed by atoms with Gasteiger partial charge in [-0.2, -0.15) is 0 Å². The molecule has 3 rings (SSSR count). The highest BCUT2D eigenvalue weighted by atomic mass is 16.6. The van der Waals surface area contributed by atoms with Crippen LogP contribution in [0.3, 0.4) is 0 Å². The number of carbonyl (C=O) groups is 3. The van der Waals surface area contributed by atoms with Crippen molar-refractivity contribution in [2.75, 3.05) is 6.54 Å². The first-order valence-corrected chi connectivity index (χ1v) is 14.5. The summed E-state index contributed by atoms with van der Waals surface area (Å²) < 4.78 is 5.49. The second-order valence-electron chi connectivity index (χ2n) is 11.6. The number of amides is 3. The molecule has 1 aliphatic carbocycles. The van der Waals surface area contributed by atoms with Crippen LogP contribution >= 0.6 is 0 Å². The van der Waals surface area contributed by atoms with E-state index in [1.54, 1.807) is 62.1 Å². The van der Waals surface area contributed by atoms with Crippen molar-refractivity contribution in [1.82, 2.24) is 15.5 Å². The molecule has 0 radical (unpaired) electrons. The first-order chi connectivity index (χ1) is 19.5. The highest BCUT2D eigenvalue weighted by Crippen LogP contribution is 2.34. The molecule has 1 saturated carbocycles. The minimum atomic E-state index is -1.00. The van der Waals surface area contributed by atoms with Crippen molar-refractivity contribution in [2.45, 2.75) is 96.4 Å². The standard InChI is InChI=1S/C33H43N3O5/c1-6-8-9-21-34-30(38)29(25-17-13-23(7-2)14-18-25)36(26-11-10-12-26)31(39)28(35-32(40)41-33(3,4)5)22-24-15-19-27(37)20-16-24/h2,13-20,26,28-29,37H,6,8-12,21-22H2,1,3-5H3,(H,34,38)(H,35,40). The van der Waals surface area contributed by atoms with Gasteiger partial charge in [-0.25, -0.2) is 4.79 Å². The van der Waals surface area contributed by atoms with Crippen LogP contribution < -0.4 is 10.6 Å². The van der Waals surface area contributed by atoms with Crippen molar-refractivity contribution in [3.8, 4) is 18.1 Å². The smallest absolute Gasteiger partial charge is 0.408 e. The SMILES string of the molecule is C#Cc1ccc(C(C(=O)NCCCCC)N(C(=O)C(Cc2ccc(O)cc2)NC(=O)OC(C)(C)C)C2CCC2)cc1. The lowest BCUT2D eigenvalue weighted by atomic mass is 9.87. The third kappa shape index (κ3) is 9.28. The molecule has 8 heteroatoms. The molecule has 0 saturated heterocycles. The Hall–Kier alpha value is -3.99. The Balaban J connectivity index is 2.01. The molecular formula is C33H43N3O5. The number of nitrogens with zero attached hydrogens (tertiary/aromatic N) is 1. The minimum absolute atomic E-state index is 0.100. The Bertz CT molecular complexity index is 1210. The summed E-state index contributed by atoms with van der Waals surface area (Å²) >= 11 is 0. The summed E-state index contributed by atoms with van der Waals surface area (Å²) in [7, 11) is 0. The third-order valence-electron chi connectivity index (χ3n) is 7.09. The molecule has 0 aromatic heterocycles. The fourth-order valence-electron chi connectivity index (χ4n) is 4.76. The van der Waals surface area contributed by atoms with E-state index in [2.05, 4.69) is 23.5 Å². The molecule has 220 valence electrons. The van der Waals surface area contributed by atoms with Crippen LogP contribution in [0.5, 0.6) is 5.75 Å². The van der Waals surface area contributed by atoms with Gasteiger partial charge >= 0.3 is 6.09 Å². The van der Waals surface area contributed by atoms with E-state index in [-0.39, 0.29) is 30.0 Å². The van der Waals surface area contributed by atoms with Crippen LogP contribution in [0.25, 0.3) is 0 Å². The lowest BCUT2D eigenvalue weighted by Crippen LogP contribution is -2.58. The number of aromatic hydroxyl groups is 1. The second kappa shape index (κ2) is 14.6. The number of unbranched alkanes of at least 4 members (excludes halogenated alkanes) is 2. The number of rotatable bonds is 12. The number of nitrogens with one attached hydrogen (secondary N) is 2. The maximum Gasteiger partial charge on any atom is 0.408 e. The van der Waals surface area contributed by atoms with Gasteiger partial charge in [-0.3, -0.25) is 9.59 Å². The predicted octanol–water partition coefficient (Wildman–Crippen LogP) is 5.24. The molecule has 0 spiro atoms. The van der Waals surface area contributed by atoms with Crippen LogP contribution in [0.1, 0.15) is 89.0 Å². The molecule has 3 N–H and O–H groups in total. The van der Waals surface area contributed by atoms with Crippen molar-refractivity contribution >= 4 is 17.9 Å². The van der Waals surface area contributed by atoms with Gasteiger partial charge in [0.15, 0.2) is 0 Å². The van der Waals surface area contributed by atoms with Crippen molar-refractivity contribution in [2.24, 2.45) is 0 Å². The van der Waals surface area contributed by atoms with Gasteiger partial charge in [-0.1, -0.05) is 50.0 Å². The molecule has 0 bridgehead atoms. The number of benzene rings is 2. The summed E-state index contributed by atoms with van der Waals surface area (Å²) in [6.07, 6.45) is 10.3. The van der Waals surface area contributed by atoms with Gasteiger partial charge in [-0.05, 0) is 81.8 Å². The molecule has 1 fully saturated rings. The number of carbonyl (C=O) groups excluding carboxylic acids is 3. The zero-order valence-corrected chi connectivity index (χ0v) is 24.6. The minimum Gasteiger partial charge on any atom is -0.508 e. The van der Waals surface area contributed by atoms with Crippen molar-refractivity contribution in [1.29, 1.82) is 0 Å². The van der Waals surface area contributed by atoms with E-state index in [0.29, 0.717) is 17.7 Å². The summed E-state index contributed by atoms with van der Waals surface area (Å²) in [5.41, 5.74) is 1.31. The van der Waals surface area contributed by atoms with Gasteiger partial charge in [0.1, 0.15) is 23.4 Å². The topological polar surface area (TPSA) is 108 Å². The summed E-state index contributed by atoms with van der Waals surface area (Å²) in [5.74, 6) is 2.06. The average Bonchev–Trinajstić information content (AvgIpc) is 2.89. The Labute approximate surface area is 243 Å².